The number of morpholine rings is 1. The standard InChI is InChI=1S/C11H22N2O3/c1-11(2,8-14)7-13-10(15)5-9-6-12-3-4-16-9/h9,12,14H,3-8H2,1-2H3,(H,13,15). The first-order valence-electron chi connectivity index (χ1n) is 5.73. The van der Waals surface area contributed by atoms with Crippen molar-refractivity contribution in [2.24, 2.45) is 5.41 Å². The van der Waals surface area contributed by atoms with E-state index in [2.05, 4.69) is 10.6 Å². The van der Waals surface area contributed by atoms with Gasteiger partial charge < -0.3 is 20.5 Å². The summed E-state index contributed by atoms with van der Waals surface area (Å²) in [5, 5.41) is 15.0. The highest BCUT2D eigenvalue weighted by atomic mass is 16.5. The maximum absolute atomic E-state index is 11.6. The van der Waals surface area contributed by atoms with Gasteiger partial charge in [-0.2, -0.15) is 0 Å². The molecule has 0 aromatic rings. The fourth-order valence-electron chi connectivity index (χ4n) is 1.42. The van der Waals surface area contributed by atoms with Gasteiger partial charge in [-0.15, -0.1) is 0 Å². The highest BCUT2D eigenvalue weighted by Crippen LogP contribution is 2.11. The summed E-state index contributed by atoms with van der Waals surface area (Å²) in [6, 6.07) is 0. The van der Waals surface area contributed by atoms with Crippen LogP contribution in [0.4, 0.5) is 0 Å². The summed E-state index contributed by atoms with van der Waals surface area (Å²) in [5.74, 6) is -0.0183. The quantitative estimate of drug-likeness (QED) is 0.595. The van der Waals surface area contributed by atoms with Gasteiger partial charge in [0.15, 0.2) is 0 Å². The number of amides is 1. The molecule has 0 radical (unpaired) electrons. The van der Waals surface area contributed by atoms with Crippen molar-refractivity contribution >= 4 is 5.91 Å². The van der Waals surface area contributed by atoms with Crippen molar-refractivity contribution in [1.82, 2.24) is 10.6 Å². The van der Waals surface area contributed by atoms with Gasteiger partial charge in [-0.1, -0.05) is 13.8 Å². The lowest BCUT2D eigenvalue weighted by molar-refractivity contribution is -0.125. The summed E-state index contributed by atoms with van der Waals surface area (Å²) in [6.07, 6.45) is 0.361. The Morgan fingerprint density at radius 1 is 1.62 bits per heavy atom. The Morgan fingerprint density at radius 2 is 2.38 bits per heavy atom. The van der Waals surface area contributed by atoms with E-state index in [4.69, 9.17) is 9.84 Å². The molecule has 5 nitrogen and oxygen atoms in total. The van der Waals surface area contributed by atoms with E-state index in [0.29, 0.717) is 19.6 Å². The molecule has 1 amide bonds. The lowest BCUT2D eigenvalue weighted by Crippen LogP contribution is -2.43. The predicted molar refractivity (Wildman–Crippen MR) is 61.1 cm³/mol. The van der Waals surface area contributed by atoms with E-state index in [1.165, 1.54) is 0 Å². The van der Waals surface area contributed by atoms with Crippen LogP contribution in [0, 0.1) is 5.41 Å². The number of carbonyl (C=O) groups is 1. The van der Waals surface area contributed by atoms with Crippen LogP contribution in [-0.4, -0.2) is 50.0 Å². The zero-order chi connectivity index (χ0) is 12.0. The predicted octanol–water partition coefficient (Wildman–Crippen LogP) is -0.500. The van der Waals surface area contributed by atoms with Crippen molar-refractivity contribution < 1.29 is 14.6 Å². The first-order valence-corrected chi connectivity index (χ1v) is 5.73. The van der Waals surface area contributed by atoms with E-state index < -0.39 is 0 Å². The summed E-state index contributed by atoms with van der Waals surface area (Å²) in [6.45, 7) is 6.63. The Bertz CT molecular complexity index is 225. The van der Waals surface area contributed by atoms with Crippen LogP contribution >= 0.6 is 0 Å². The molecule has 16 heavy (non-hydrogen) atoms. The van der Waals surface area contributed by atoms with Gasteiger partial charge in [-0.3, -0.25) is 4.79 Å². The molecule has 0 aromatic heterocycles. The van der Waals surface area contributed by atoms with Gasteiger partial charge in [0.05, 0.1) is 19.1 Å². The van der Waals surface area contributed by atoms with Crippen molar-refractivity contribution in [2.45, 2.75) is 26.4 Å². The smallest absolute Gasteiger partial charge is 0.222 e. The largest absolute Gasteiger partial charge is 0.396 e. The van der Waals surface area contributed by atoms with Crippen molar-refractivity contribution in [3.63, 3.8) is 0 Å². The molecule has 5 heteroatoms. The van der Waals surface area contributed by atoms with Gasteiger partial charge in [-0.25, -0.2) is 0 Å². The van der Waals surface area contributed by atoms with Crippen LogP contribution in [-0.2, 0) is 9.53 Å². The Hall–Kier alpha value is -0.650. The van der Waals surface area contributed by atoms with Crippen LogP contribution in [0.2, 0.25) is 0 Å². The maximum Gasteiger partial charge on any atom is 0.222 e. The average Bonchev–Trinajstić information content (AvgIpc) is 2.28. The first kappa shape index (κ1) is 13.4. The SMILES string of the molecule is CC(C)(CO)CNC(=O)CC1CNCCO1. The molecule has 1 saturated heterocycles. The van der Waals surface area contributed by atoms with Gasteiger partial charge in [0.1, 0.15) is 0 Å². The second-order valence-corrected chi connectivity index (χ2v) is 5.00. The number of aliphatic hydroxyl groups is 1. The average molecular weight is 230 g/mol. The third kappa shape index (κ3) is 4.92. The monoisotopic (exact) mass is 230 g/mol. The van der Waals surface area contributed by atoms with Crippen LogP contribution in [0.1, 0.15) is 20.3 Å². The normalized spacial score (nSPS) is 21.8. The number of ether oxygens (including phenoxy) is 1. The minimum Gasteiger partial charge on any atom is -0.396 e. The van der Waals surface area contributed by atoms with Crippen LogP contribution < -0.4 is 10.6 Å². The lowest BCUT2D eigenvalue weighted by atomic mass is 9.95. The molecule has 1 atom stereocenters. The molecule has 3 N–H and O–H groups in total. The van der Waals surface area contributed by atoms with Crippen LogP contribution in [0.3, 0.4) is 0 Å². The van der Waals surface area contributed by atoms with E-state index in [1.54, 1.807) is 0 Å². The summed E-state index contributed by atoms with van der Waals surface area (Å²) < 4.78 is 5.43. The fourth-order valence-corrected chi connectivity index (χ4v) is 1.42. The molecule has 1 rings (SSSR count). The number of hydrogen-bond donors (Lipinski definition) is 3. The zero-order valence-electron chi connectivity index (χ0n) is 10.1. The fraction of sp³-hybridized carbons (Fsp3) is 0.909. The van der Waals surface area contributed by atoms with Crippen molar-refractivity contribution in [3.8, 4) is 0 Å². The second kappa shape index (κ2) is 6.18. The van der Waals surface area contributed by atoms with Crippen molar-refractivity contribution in [2.75, 3.05) is 32.8 Å². The van der Waals surface area contributed by atoms with Crippen molar-refractivity contribution in [3.05, 3.63) is 0 Å². The zero-order valence-corrected chi connectivity index (χ0v) is 10.1. The minimum atomic E-state index is -0.263. The second-order valence-electron chi connectivity index (χ2n) is 5.00. The molecule has 0 saturated carbocycles. The molecule has 0 aliphatic carbocycles. The Kier molecular flexibility index (Phi) is 5.18. The molecule has 1 aliphatic rings. The topological polar surface area (TPSA) is 70.6 Å². The van der Waals surface area contributed by atoms with Gasteiger partial charge in [0.2, 0.25) is 5.91 Å². The third-order valence-corrected chi connectivity index (χ3v) is 2.61. The summed E-state index contributed by atoms with van der Waals surface area (Å²) in [7, 11) is 0. The number of hydrogen-bond acceptors (Lipinski definition) is 4. The van der Waals surface area contributed by atoms with E-state index in [1.807, 2.05) is 13.8 Å². The molecule has 1 unspecified atom stereocenters. The minimum absolute atomic E-state index is 0.0183. The molecule has 1 fully saturated rings. The van der Waals surface area contributed by atoms with Crippen molar-refractivity contribution in [1.29, 1.82) is 0 Å². The number of carbonyl (C=O) groups excluding carboxylic acids is 1. The number of nitrogens with one attached hydrogen (secondary N) is 2. The molecule has 0 bridgehead atoms. The molecule has 0 spiro atoms. The molecular weight excluding hydrogens is 208 g/mol. The maximum atomic E-state index is 11.6. The lowest BCUT2D eigenvalue weighted by Gasteiger charge is -2.25. The molecule has 0 aromatic carbocycles. The van der Waals surface area contributed by atoms with E-state index >= 15 is 0 Å². The Balaban J connectivity index is 2.19. The van der Waals surface area contributed by atoms with Gasteiger partial charge in [-0.05, 0) is 0 Å². The summed E-state index contributed by atoms with van der Waals surface area (Å²) >= 11 is 0. The highest BCUT2D eigenvalue weighted by molar-refractivity contribution is 5.76. The van der Waals surface area contributed by atoms with E-state index in [9.17, 15) is 4.79 Å². The van der Waals surface area contributed by atoms with Gasteiger partial charge in [0.25, 0.3) is 0 Å². The Labute approximate surface area is 96.6 Å². The van der Waals surface area contributed by atoms with Gasteiger partial charge in [0, 0.05) is 31.7 Å². The van der Waals surface area contributed by atoms with Gasteiger partial charge >= 0.3 is 0 Å². The highest BCUT2D eigenvalue weighted by Gasteiger charge is 2.20. The number of rotatable bonds is 5. The Morgan fingerprint density at radius 3 is 2.94 bits per heavy atom. The van der Waals surface area contributed by atoms with E-state index in [0.717, 1.165) is 13.1 Å². The van der Waals surface area contributed by atoms with E-state index in [-0.39, 0.29) is 24.0 Å². The summed E-state index contributed by atoms with van der Waals surface area (Å²) in [5.41, 5.74) is -0.263. The van der Waals surface area contributed by atoms with Crippen LogP contribution in [0.5, 0.6) is 0 Å². The summed E-state index contributed by atoms with van der Waals surface area (Å²) in [4.78, 5) is 11.6. The van der Waals surface area contributed by atoms with Crippen LogP contribution in [0.25, 0.3) is 0 Å². The van der Waals surface area contributed by atoms with Crippen LogP contribution in [0.15, 0.2) is 0 Å². The third-order valence-electron chi connectivity index (χ3n) is 2.61. The number of aliphatic hydroxyl groups excluding tert-OH is 1. The first-order chi connectivity index (χ1) is 7.53. The molecular formula is C11H22N2O3. The molecule has 1 heterocycles. The molecule has 94 valence electrons. The molecule has 1 aliphatic heterocycles.